The van der Waals surface area contributed by atoms with Gasteiger partial charge in [-0.25, -0.2) is 4.79 Å². The van der Waals surface area contributed by atoms with E-state index in [0.717, 1.165) is 11.1 Å². The summed E-state index contributed by atoms with van der Waals surface area (Å²) in [5.74, 6) is -0.622. The number of carbonyl (C=O) groups is 1. The van der Waals surface area contributed by atoms with Gasteiger partial charge in [-0.2, -0.15) is 0 Å². The summed E-state index contributed by atoms with van der Waals surface area (Å²) in [4.78, 5) is 11.1. The molecule has 0 unspecified atom stereocenters. The topological polar surface area (TPSA) is 46.5 Å². The van der Waals surface area contributed by atoms with Crippen molar-refractivity contribution in [2.45, 2.75) is 13.5 Å². The van der Waals surface area contributed by atoms with Crippen LogP contribution in [-0.4, -0.2) is 11.1 Å². The van der Waals surface area contributed by atoms with Crippen LogP contribution in [0.15, 0.2) is 42.5 Å². The minimum Gasteiger partial charge on any atom is -0.488 e. The van der Waals surface area contributed by atoms with E-state index >= 15 is 0 Å². The molecule has 0 saturated heterocycles. The number of carboxylic acids is 1. The van der Waals surface area contributed by atoms with Gasteiger partial charge in [-0.3, -0.25) is 0 Å². The fourth-order valence-electron chi connectivity index (χ4n) is 1.68. The van der Waals surface area contributed by atoms with Crippen molar-refractivity contribution in [1.29, 1.82) is 0 Å². The van der Waals surface area contributed by atoms with Gasteiger partial charge in [0, 0.05) is 5.02 Å². The van der Waals surface area contributed by atoms with Gasteiger partial charge in [-0.05, 0) is 36.8 Å². The zero-order chi connectivity index (χ0) is 13.8. The summed E-state index contributed by atoms with van der Waals surface area (Å²) in [6.07, 6.45) is 0. The maximum atomic E-state index is 11.1. The molecule has 0 aliphatic heterocycles. The molecule has 3 nitrogen and oxygen atoms in total. The zero-order valence-corrected chi connectivity index (χ0v) is 11.1. The van der Waals surface area contributed by atoms with Crippen molar-refractivity contribution in [3.63, 3.8) is 0 Å². The first-order chi connectivity index (χ1) is 9.06. The van der Waals surface area contributed by atoms with E-state index in [1.807, 2.05) is 25.1 Å². The molecule has 1 N–H and O–H groups in total. The molecule has 0 radical (unpaired) electrons. The van der Waals surface area contributed by atoms with Crippen molar-refractivity contribution in [2.75, 3.05) is 0 Å². The maximum absolute atomic E-state index is 11.1. The van der Waals surface area contributed by atoms with E-state index in [0.29, 0.717) is 17.4 Å². The maximum Gasteiger partial charge on any atom is 0.339 e. The minimum atomic E-state index is -0.991. The summed E-state index contributed by atoms with van der Waals surface area (Å²) in [6, 6.07) is 12.3. The Labute approximate surface area is 116 Å². The third kappa shape index (κ3) is 3.48. The van der Waals surface area contributed by atoms with Crippen LogP contribution < -0.4 is 4.74 Å². The van der Waals surface area contributed by atoms with Crippen molar-refractivity contribution >= 4 is 17.6 Å². The molecule has 4 heteroatoms. The van der Waals surface area contributed by atoms with Crippen LogP contribution in [0.2, 0.25) is 5.02 Å². The van der Waals surface area contributed by atoms with Crippen molar-refractivity contribution in [3.05, 3.63) is 64.2 Å². The molecule has 0 heterocycles. The summed E-state index contributed by atoms with van der Waals surface area (Å²) in [7, 11) is 0. The van der Waals surface area contributed by atoms with Gasteiger partial charge in [0.05, 0.1) is 0 Å². The van der Waals surface area contributed by atoms with Crippen molar-refractivity contribution in [1.82, 2.24) is 0 Å². The first-order valence-corrected chi connectivity index (χ1v) is 6.15. The molecule has 2 aromatic carbocycles. The Bertz CT molecular complexity index is 591. The average molecular weight is 277 g/mol. The largest absolute Gasteiger partial charge is 0.488 e. The summed E-state index contributed by atoms with van der Waals surface area (Å²) in [6.45, 7) is 2.15. The summed E-state index contributed by atoms with van der Waals surface area (Å²) < 4.78 is 5.56. The van der Waals surface area contributed by atoms with Gasteiger partial charge in [0.15, 0.2) is 0 Å². The lowest BCUT2D eigenvalue weighted by atomic mass is 10.1. The minimum absolute atomic E-state index is 0.175. The number of halogens is 1. The van der Waals surface area contributed by atoms with E-state index in [1.54, 1.807) is 24.3 Å². The molecular formula is C15H13ClO3. The third-order valence-corrected chi connectivity index (χ3v) is 2.93. The Morgan fingerprint density at radius 2 is 1.89 bits per heavy atom. The average Bonchev–Trinajstić information content (AvgIpc) is 2.39. The molecule has 0 aliphatic rings. The van der Waals surface area contributed by atoms with Crippen LogP contribution >= 0.6 is 11.6 Å². The smallest absolute Gasteiger partial charge is 0.339 e. The number of hydrogen-bond donors (Lipinski definition) is 1. The van der Waals surface area contributed by atoms with Gasteiger partial charge in [0.1, 0.15) is 17.9 Å². The van der Waals surface area contributed by atoms with Gasteiger partial charge in [0.25, 0.3) is 0 Å². The van der Waals surface area contributed by atoms with Crippen molar-refractivity contribution in [3.8, 4) is 5.75 Å². The highest BCUT2D eigenvalue weighted by Crippen LogP contribution is 2.21. The van der Waals surface area contributed by atoms with Crippen LogP contribution in [0.1, 0.15) is 21.5 Å². The molecule has 98 valence electrons. The zero-order valence-electron chi connectivity index (χ0n) is 10.4. The summed E-state index contributed by atoms with van der Waals surface area (Å²) in [5.41, 5.74) is 1.99. The predicted molar refractivity (Wildman–Crippen MR) is 73.9 cm³/mol. The summed E-state index contributed by atoms with van der Waals surface area (Å²) in [5, 5.41) is 9.78. The SMILES string of the molecule is Cc1ccc(OCc2ccc(Cl)cc2)c(C(=O)O)c1. The molecule has 0 saturated carbocycles. The van der Waals surface area contributed by atoms with E-state index in [-0.39, 0.29) is 5.56 Å². The Hall–Kier alpha value is -2.00. The Balaban J connectivity index is 2.15. The Kier molecular flexibility index (Phi) is 4.07. The molecule has 0 aromatic heterocycles. The second kappa shape index (κ2) is 5.76. The molecule has 2 aromatic rings. The molecule has 0 spiro atoms. The second-order valence-electron chi connectivity index (χ2n) is 4.22. The first kappa shape index (κ1) is 13.4. The monoisotopic (exact) mass is 276 g/mol. The number of benzene rings is 2. The third-order valence-electron chi connectivity index (χ3n) is 2.67. The fourth-order valence-corrected chi connectivity index (χ4v) is 1.80. The van der Waals surface area contributed by atoms with Crippen LogP contribution in [0.5, 0.6) is 5.75 Å². The van der Waals surface area contributed by atoms with E-state index in [1.165, 1.54) is 0 Å². The number of rotatable bonds is 4. The van der Waals surface area contributed by atoms with Crippen molar-refractivity contribution in [2.24, 2.45) is 0 Å². The van der Waals surface area contributed by atoms with Crippen LogP contribution in [0.25, 0.3) is 0 Å². The lowest BCUT2D eigenvalue weighted by Crippen LogP contribution is -2.03. The lowest BCUT2D eigenvalue weighted by molar-refractivity contribution is 0.0691. The van der Waals surface area contributed by atoms with Crippen LogP contribution in [0.3, 0.4) is 0 Å². The van der Waals surface area contributed by atoms with Crippen LogP contribution in [0, 0.1) is 6.92 Å². The summed E-state index contributed by atoms with van der Waals surface area (Å²) >= 11 is 5.79. The molecule has 0 amide bonds. The van der Waals surface area contributed by atoms with Gasteiger partial charge in [-0.1, -0.05) is 35.4 Å². The number of carboxylic acid groups (broad SMARTS) is 1. The second-order valence-corrected chi connectivity index (χ2v) is 4.66. The normalized spacial score (nSPS) is 10.2. The van der Waals surface area contributed by atoms with Gasteiger partial charge >= 0.3 is 5.97 Å². The molecule has 2 rings (SSSR count). The van der Waals surface area contributed by atoms with E-state index in [4.69, 9.17) is 21.4 Å². The van der Waals surface area contributed by atoms with Crippen LogP contribution in [0.4, 0.5) is 0 Å². The standard InChI is InChI=1S/C15H13ClO3/c1-10-2-7-14(13(8-10)15(17)18)19-9-11-3-5-12(16)6-4-11/h2-8H,9H2,1H3,(H,17,18). The predicted octanol–water partition coefficient (Wildman–Crippen LogP) is 3.93. The van der Waals surface area contributed by atoms with Gasteiger partial charge < -0.3 is 9.84 Å². The molecule has 0 atom stereocenters. The molecule has 19 heavy (non-hydrogen) atoms. The number of aryl methyl sites for hydroxylation is 1. The first-order valence-electron chi connectivity index (χ1n) is 5.77. The Morgan fingerprint density at radius 3 is 2.53 bits per heavy atom. The highest BCUT2D eigenvalue weighted by Gasteiger charge is 2.11. The molecule has 0 fully saturated rings. The highest BCUT2D eigenvalue weighted by atomic mass is 35.5. The molecule has 0 aliphatic carbocycles. The fraction of sp³-hybridized carbons (Fsp3) is 0.133. The van der Waals surface area contributed by atoms with Crippen LogP contribution in [-0.2, 0) is 6.61 Å². The van der Waals surface area contributed by atoms with E-state index in [2.05, 4.69) is 0 Å². The quantitative estimate of drug-likeness (QED) is 0.920. The lowest BCUT2D eigenvalue weighted by Gasteiger charge is -2.10. The Morgan fingerprint density at radius 1 is 1.21 bits per heavy atom. The number of aromatic carboxylic acids is 1. The van der Waals surface area contributed by atoms with Gasteiger partial charge in [0.2, 0.25) is 0 Å². The molecular weight excluding hydrogens is 264 g/mol. The number of hydrogen-bond acceptors (Lipinski definition) is 2. The highest BCUT2D eigenvalue weighted by molar-refractivity contribution is 6.30. The van der Waals surface area contributed by atoms with Gasteiger partial charge in [-0.15, -0.1) is 0 Å². The number of ether oxygens (including phenoxy) is 1. The van der Waals surface area contributed by atoms with E-state index in [9.17, 15) is 4.79 Å². The van der Waals surface area contributed by atoms with E-state index < -0.39 is 5.97 Å². The van der Waals surface area contributed by atoms with Crippen molar-refractivity contribution < 1.29 is 14.6 Å². The molecule has 0 bridgehead atoms.